The van der Waals surface area contributed by atoms with Crippen LogP contribution in [0.5, 0.6) is 5.75 Å². The number of fused-ring (bicyclic) bond motifs is 1. The van der Waals surface area contributed by atoms with Crippen LogP contribution in [0.3, 0.4) is 0 Å². The van der Waals surface area contributed by atoms with Crippen molar-refractivity contribution in [3.05, 3.63) is 88.1 Å². The quantitative estimate of drug-likeness (QED) is 0.256. The minimum Gasteiger partial charge on any atom is -0.489 e. The number of nitrogens with two attached hydrogens (primary N) is 1. The van der Waals surface area contributed by atoms with Crippen LogP contribution in [0.1, 0.15) is 33.5 Å². The van der Waals surface area contributed by atoms with Gasteiger partial charge in [0.1, 0.15) is 45.0 Å². The van der Waals surface area contributed by atoms with Crippen LogP contribution >= 0.6 is 11.3 Å². The van der Waals surface area contributed by atoms with Gasteiger partial charge >= 0.3 is 6.18 Å². The molecular formula is C29H23F5N4O4S. The molecule has 224 valence electrons. The van der Waals surface area contributed by atoms with Crippen molar-refractivity contribution in [2.45, 2.75) is 31.0 Å². The fourth-order valence-electron chi connectivity index (χ4n) is 4.58. The zero-order valence-corrected chi connectivity index (χ0v) is 23.4. The zero-order valence-electron chi connectivity index (χ0n) is 22.6. The highest BCUT2D eigenvalue weighted by Gasteiger charge is 2.57. The number of halogens is 5. The Labute approximate surface area is 245 Å². The van der Waals surface area contributed by atoms with E-state index in [0.29, 0.717) is 0 Å². The number of primary amides is 1. The monoisotopic (exact) mass is 618 g/mol. The molecule has 43 heavy (non-hydrogen) atoms. The zero-order chi connectivity index (χ0) is 31.3. The Hall–Kier alpha value is -4.43. The van der Waals surface area contributed by atoms with Crippen LogP contribution in [-0.4, -0.2) is 46.2 Å². The van der Waals surface area contributed by atoms with Gasteiger partial charge in [-0.2, -0.15) is 13.2 Å². The van der Waals surface area contributed by atoms with Crippen LogP contribution in [0.2, 0.25) is 0 Å². The van der Waals surface area contributed by atoms with E-state index in [-0.39, 0.29) is 50.3 Å². The maximum atomic E-state index is 14.6. The number of pyridine rings is 1. The first-order valence-corrected chi connectivity index (χ1v) is 13.5. The molecule has 0 saturated heterocycles. The van der Waals surface area contributed by atoms with E-state index in [0.717, 1.165) is 29.5 Å². The molecular weight excluding hydrogens is 595 g/mol. The molecule has 2 amide bonds. The Morgan fingerprint density at radius 3 is 2.42 bits per heavy atom. The SMILES string of the molecule is Cc1nc(-c2ccccc2F)sc1C(=O)NC[C@](O)(c1cc2c(c(-c3ccc(F)cc3)n1)OC[C@]2(C)C(N)=O)C(F)(F)F. The topological polar surface area (TPSA) is 127 Å². The minimum atomic E-state index is -5.38. The standard InChI is InChI=1S/C29H23F5N4O4S/c1-14-23(43-25(37-14)17-5-3-4-6-19(17)31)24(39)36-12-28(41,29(32,33)34)20-11-18-22(42-13-27(18,2)26(35)40)21(38-20)15-7-9-16(30)10-8-15/h3-11,41H,12-13H2,1-2H3,(H2,35,40)(H,36,39)/t27-,28-/m0/s1. The number of ether oxygens (including phenoxy) is 1. The lowest BCUT2D eigenvalue weighted by Crippen LogP contribution is -2.51. The van der Waals surface area contributed by atoms with Crippen molar-refractivity contribution in [3.63, 3.8) is 0 Å². The molecule has 0 fully saturated rings. The number of nitrogens with zero attached hydrogens (tertiary/aromatic N) is 2. The summed E-state index contributed by atoms with van der Waals surface area (Å²) >= 11 is 0.769. The highest BCUT2D eigenvalue weighted by atomic mass is 32.1. The van der Waals surface area contributed by atoms with Gasteiger partial charge in [0.05, 0.1) is 17.9 Å². The van der Waals surface area contributed by atoms with Gasteiger partial charge < -0.3 is 20.9 Å². The number of aliphatic hydroxyl groups is 1. The molecule has 4 aromatic rings. The lowest BCUT2D eigenvalue weighted by atomic mass is 9.81. The summed E-state index contributed by atoms with van der Waals surface area (Å²) in [6.45, 7) is 1.11. The first kappa shape index (κ1) is 30.0. The predicted molar refractivity (Wildman–Crippen MR) is 146 cm³/mol. The first-order valence-electron chi connectivity index (χ1n) is 12.7. The number of hydrogen-bond acceptors (Lipinski definition) is 7. The average molecular weight is 619 g/mol. The van der Waals surface area contributed by atoms with E-state index in [2.05, 4.69) is 15.3 Å². The highest BCUT2D eigenvalue weighted by Crippen LogP contribution is 2.47. The fraction of sp³-hybridized carbons (Fsp3) is 0.241. The number of amides is 2. The molecule has 0 unspecified atom stereocenters. The van der Waals surface area contributed by atoms with E-state index in [1.54, 1.807) is 6.07 Å². The Morgan fingerprint density at radius 1 is 1.12 bits per heavy atom. The Bertz CT molecular complexity index is 1740. The molecule has 1 aliphatic heterocycles. The second kappa shape index (κ2) is 10.7. The summed E-state index contributed by atoms with van der Waals surface area (Å²) in [5.41, 5.74) is -0.599. The molecule has 2 atom stereocenters. The summed E-state index contributed by atoms with van der Waals surface area (Å²) < 4.78 is 77.4. The van der Waals surface area contributed by atoms with Crippen molar-refractivity contribution in [2.75, 3.05) is 13.2 Å². The number of aryl methyl sites for hydroxylation is 1. The van der Waals surface area contributed by atoms with E-state index >= 15 is 0 Å². The van der Waals surface area contributed by atoms with E-state index < -0.39 is 52.9 Å². The third-order valence-electron chi connectivity index (χ3n) is 7.24. The van der Waals surface area contributed by atoms with Gasteiger partial charge in [0, 0.05) is 16.7 Å². The van der Waals surface area contributed by atoms with Gasteiger partial charge in [0.25, 0.3) is 5.91 Å². The molecule has 2 aromatic heterocycles. The molecule has 0 aliphatic carbocycles. The first-order chi connectivity index (χ1) is 20.2. The van der Waals surface area contributed by atoms with Crippen LogP contribution in [0.15, 0.2) is 54.6 Å². The van der Waals surface area contributed by atoms with Crippen molar-refractivity contribution >= 4 is 23.2 Å². The van der Waals surface area contributed by atoms with Gasteiger partial charge in [0.2, 0.25) is 11.5 Å². The molecule has 1 aliphatic rings. The number of rotatable bonds is 7. The molecule has 5 rings (SSSR count). The number of nitrogens with one attached hydrogen (secondary N) is 1. The van der Waals surface area contributed by atoms with E-state index in [4.69, 9.17) is 10.5 Å². The van der Waals surface area contributed by atoms with E-state index in [9.17, 15) is 36.6 Å². The molecule has 3 heterocycles. The Kier molecular flexibility index (Phi) is 7.47. The van der Waals surface area contributed by atoms with Gasteiger partial charge in [-0.25, -0.2) is 18.7 Å². The number of benzene rings is 2. The molecule has 14 heteroatoms. The number of hydrogen-bond donors (Lipinski definition) is 3. The van der Waals surface area contributed by atoms with Crippen molar-refractivity contribution < 1.29 is 41.4 Å². The number of aromatic nitrogens is 2. The van der Waals surface area contributed by atoms with Gasteiger partial charge in [-0.1, -0.05) is 12.1 Å². The summed E-state index contributed by atoms with van der Waals surface area (Å²) in [7, 11) is 0. The summed E-state index contributed by atoms with van der Waals surface area (Å²) in [6.07, 6.45) is -5.38. The summed E-state index contributed by atoms with van der Waals surface area (Å²) in [4.78, 5) is 33.6. The number of thiazole rings is 1. The van der Waals surface area contributed by atoms with Crippen molar-refractivity contribution in [2.24, 2.45) is 5.73 Å². The third-order valence-corrected chi connectivity index (χ3v) is 8.43. The molecule has 0 saturated carbocycles. The summed E-state index contributed by atoms with van der Waals surface area (Å²) in [6, 6.07) is 11.2. The Morgan fingerprint density at radius 2 is 1.79 bits per heavy atom. The number of carbonyl (C=O) groups excluding carboxylic acids is 2. The summed E-state index contributed by atoms with van der Waals surface area (Å²) in [5, 5.41) is 13.4. The molecule has 8 nitrogen and oxygen atoms in total. The second-order valence-electron chi connectivity index (χ2n) is 10.2. The third kappa shape index (κ3) is 5.20. The predicted octanol–water partition coefficient (Wildman–Crippen LogP) is 4.77. The molecule has 0 radical (unpaired) electrons. The molecule has 0 spiro atoms. The van der Waals surface area contributed by atoms with Crippen LogP contribution in [-0.2, 0) is 15.8 Å². The van der Waals surface area contributed by atoms with Crippen molar-refractivity contribution in [1.82, 2.24) is 15.3 Å². The Balaban J connectivity index is 1.56. The van der Waals surface area contributed by atoms with Crippen molar-refractivity contribution in [3.8, 4) is 27.6 Å². The van der Waals surface area contributed by atoms with Gasteiger partial charge in [-0.05, 0) is 56.3 Å². The lowest BCUT2D eigenvalue weighted by Gasteiger charge is -2.31. The number of carbonyl (C=O) groups is 2. The normalized spacial score (nSPS) is 17.6. The van der Waals surface area contributed by atoms with Crippen LogP contribution in [0.25, 0.3) is 21.8 Å². The molecule has 0 bridgehead atoms. The molecule has 2 aromatic carbocycles. The van der Waals surface area contributed by atoms with Gasteiger partial charge in [-0.3, -0.25) is 9.59 Å². The van der Waals surface area contributed by atoms with Crippen LogP contribution in [0.4, 0.5) is 22.0 Å². The lowest BCUT2D eigenvalue weighted by molar-refractivity contribution is -0.265. The van der Waals surface area contributed by atoms with Gasteiger partial charge in [0.15, 0.2) is 0 Å². The fourth-order valence-corrected chi connectivity index (χ4v) is 5.59. The minimum absolute atomic E-state index is 0.0498. The van der Waals surface area contributed by atoms with Crippen LogP contribution in [0, 0.1) is 18.6 Å². The van der Waals surface area contributed by atoms with E-state index in [1.807, 2.05) is 0 Å². The smallest absolute Gasteiger partial charge is 0.424 e. The van der Waals surface area contributed by atoms with E-state index in [1.165, 1.54) is 44.2 Å². The summed E-state index contributed by atoms with van der Waals surface area (Å²) in [5.74, 6) is -3.16. The largest absolute Gasteiger partial charge is 0.489 e. The maximum absolute atomic E-state index is 14.6. The van der Waals surface area contributed by atoms with Crippen molar-refractivity contribution in [1.29, 1.82) is 0 Å². The molecule has 4 N–H and O–H groups in total. The average Bonchev–Trinajstić information content (AvgIpc) is 3.52. The van der Waals surface area contributed by atoms with Crippen LogP contribution < -0.4 is 15.8 Å². The maximum Gasteiger partial charge on any atom is 0.424 e. The number of alkyl halides is 3. The second-order valence-corrected chi connectivity index (χ2v) is 11.2. The highest BCUT2D eigenvalue weighted by molar-refractivity contribution is 7.17. The van der Waals surface area contributed by atoms with Gasteiger partial charge in [-0.15, -0.1) is 11.3 Å².